The molecule has 13 nitrogen and oxygen atoms in total. The first-order valence-electron chi connectivity index (χ1n) is 8.01. The number of nitrogens with zero attached hydrogens (tertiary/aromatic N) is 6. The Balaban J connectivity index is 0.000000161. The van der Waals surface area contributed by atoms with Crippen molar-refractivity contribution in [2.45, 2.75) is 0 Å². The van der Waals surface area contributed by atoms with E-state index in [-0.39, 0.29) is 22.4 Å². The van der Waals surface area contributed by atoms with E-state index in [0.717, 1.165) is 13.7 Å². The SMILES string of the molecule is Cn1c(=O)[nH]c2[nH]c(=O)n(C)c2c1=O.Cn1c(=O)c2c(ncn2C)n(C)c1=O. The second kappa shape index (κ2) is 6.37. The van der Waals surface area contributed by atoms with Crippen LogP contribution in [0, 0.1) is 0 Å². The Kier molecular flexibility index (Phi) is 4.29. The van der Waals surface area contributed by atoms with Crippen molar-refractivity contribution in [2.75, 3.05) is 0 Å². The molecule has 148 valence electrons. The first-order chi connectivity index (χ1) is 13.1. The third-order valence-electron chi connectivity index (χ3n) is 4.47. The lowest BCUT2D eigenvalue weighted by Crippen LogP contribution is -2.37. The fourth-order valence-corrected chi connectivity index (χ4v) is 2.77. The van der Waals surface area contributed by atoms with Gasteiger partial charge in [-0.05, 0) is 0 Å². The van der Waals surface area contributed by atoms with Crippen molar-refractivity contribution in [2.24, 2.45) is 35.2 Å². The van der Waals surface area contributed by atoms with Crippen LogP contribution in [-0.2, 0) is 35.2 Å². The molecule has 0 fully saturated rings. The lowest BCUT2D eigenvalue weighted by Gasteiger charge is -2.02. The van der Waals surface area contributed by atoms with Crippen molar-refractivity contribution >= 4 is 22.3 Å². The summed E-state index contributed by atoms with van der Waals surface area (Å²) >= 11 is 0. The smallest absolute Gasteiger partial charge is 0.328 e. The minimum atomic E-state index is -0.552. The number of aromatic nitrogens is 8. The van der Waals surface area contributed by atoms with Crippen LogP contribution in [0.2, 0.25) is 0 Å². The molecule has 4 rings (SSSR count). The molecule has 2 N–H and O–H groups in total. The molecule has 0 aliphatic rings. The van der Waals surface area contributed by atoms with Crippen molar-refractivity contribution in [3.63, 3.8) is 0 Å². The number of H-pyrrole nitrogens is 2. The molecule has 0 radical (unpaired) electrons. The van der Waals surface area contributed by atoms with E-state index in [4.69, 9.17) is 0 Å². The molecular weight excluding hydrogens is 372 g/mol. The number of hydrogen-bond donors (Lipinski definition) is 2. The Morgan fingerprint density at radius 3 is 1.86 bits per heavy atom. The molecule has 13 heteroatoms. The van der Waals surface area contributed by atoms with Gasteiger partial charge in [0.05, 0.1) is 6.33 Å². The molecule has 4 heterocycles. The lowest BCUT2D eigenvalue weighted by atomic mass is 10.5. The molecule has 0 aromatic carbocycles. The normalized spacial score (nSPS) is 11.0. The molecule has 0 saturated heterocycles. The molecule has 0 saturated carbocycles. The van der Waals surface area contributed by atoms with E-state index >= 15 is 0 Å². The lowest BCUT2D eigenvalue weighted by molar-refractivity contribution is 0.705. The van der Waals surface area contributed by atoms with Crippen LogP contribution < -0.4 is 28.2 Å². The second-order valence-electron chi connectivity index (χ2n) is 6.24. The number of aromatic amines is 2. The molecule has 0 unspecified atom stereocenters. The number of hydrogen-bond acceptors (Lipinski definition) is 6. The van der Waals surface area contributed by atoms with Crippen molar-refractivity contribution in [1.29, 1.82) is 0 Å². The van der Waals surface area contributed by atoms with Gasteiger partial charge in [0.15, 0.2) is 16.7 Å². The molecule has 4 aromatic heterocycles. The highest BCUT2D eigenvalue weighted by atomic mass is 16.2. The van der Waals surface area contributed by atoms with E-state index in [1.807, 2.05) is 0 Å². The first kappa shape index (κ1) is 18.9. The van der Waals surface area contributed by atoms with Gasteiger partial charge in [-0.25, -0.2) is 19.4 Å². The fraction of sp³-hybridized carbons (Fsp3) is 0.333. The van der Waals surface area contributed by atoms with Crippen LogP contribution in [0.25, 0.3) is 22.3 Å². The Labute approximate surface area is 154 Å². The standard InChI is InChI=1S/C8H10N4O2.C7H8N4O3/c1-10-4-9-6-5(10)7(13)12(3)8(14)11(6)2;1-10-3-4(8-6(10)13)9-7(14)11(2)5(3)12/h4H,1-3H3;1-2H3,(H,8,13)(H,9,14). The molecule has 0 spiro atoms. The van der Waals surface area contributed by atoms with Crippen molar-refractivity contribution in [3.05, 3.63) is 58.5 Å². The van der Waals surface area contributed by atoms with Crippen LogP contribution in [0.15, 0.2) is 30.3 Å². The van der Waals surface area contributed by atoms with Crippen LogP contribution in [0.3, 0.4) is 0 Å². The first-order valence-corrected chi connectivity index (χ1v) is 8.01. The van der Waals surface area contributed by atoms with Gasteiger partial charge in [0.1, 0.15) is 5.65 Å². The van der Waals surface area contributed by atoms with Crippen molar-refractivity contribution in [3.8, 4) is 0 Å². The summed E-state index contributed by atoms with van der Waals surface area (Å²) in [4.78, 5) is 65.8. The van der Waals surface area contributed by atoms with Gasteiger partial charge >= 0.3 is 17.1 Å². The minimum absolute atomic E-state index is 0.158. The van der Waals surface area contributed by atoms with Crippen molar-refractivity contribution < 1.29 is 0 Å². The molecule has 0 amide bonds. The van der Waals surface area contributed by atoms with E-state index < -0.39 is 16.9 Å². The molecule has 0 bridgehead atoms. The summed E-state index contributed by atoms with van der Waals surface area (Å²) in [5.41, 5.74) is -0.977. The summed E-state index contributed by atoms with van der Waals surface area (Å²) in [5, 5.41) is 0. The quantitative estimate of drug-likeness (QED) is 0.331. The van der Waals surface area contributed by atoms with E-state index in [1.165, 1.54) is 32.0 Å². The van der Waals surface area contributed by atoms with E-state index in [1.54, 1.807) is 18.7 Å². The molecule has 0 atom stereocenters. The summed E-state index contributed by atoms with van der Waals surface area (Å²) in [6.07, 6.45) is 1.52. The second-order valence-corrected chi connectivity index (χ2v) is 6.24. The van der Waals surface area contributed by atoms with E-state index in [9.17, 15) is 24.0 Å². The number of imidazole rings is 2. The minimum Gasteiger partial charge on any atom is -0.328 e. The number of aryl methyl sites for hydroxylation is 3. The zero-order valence-corrected chi connectivity index (χ0v) is 15.8. The van der Waals surface area contributed by atoms with Crippen molar-refractivity contribution in [1.82, 2.24) is 37.8 Å². The summed E-state index contributed by atoms with van der Waals surface area (Å²) in [7, 11) is 7.58. The highest BCUT2D eigenvalue weighted by Crippen LogP contribution is 2.01. The van der Waals surface area contributed by atoms with Gasteiger partial charge in [-0.15, -0.1) is 0 Å². The van der Waals surface area contributed by atoms with Crippen LogP contribution in [0.4, 0.5) is 0 Å². The summed E-state index contributed by atoms with van der Waals surface area (Å²) < 4.78 is 6.11. The Hall–Kier alpha value is -3.90. The average Bonchev–Trinajstić information content (AvgIpc) is 3.17. The molecule has 28 heavy (non-hydrogen) atoms. The predicted molar refractivity (Wildman–Crippen MR) is 101 cm³/mol. The zero-order valence-electron chi connectivity index (χ0n) is 15.8. The largest absolute Gasteiger partial charge is 0.332 e. The number of nitrogens with one attached hydrogen (secondary N) is 2. The fourth-order valence-electron chi connectivity index (χ4n) is 2.77. The average molecular weight is 390 g/mol. The van der Waals surface area contributed by atoms with Gasteiger partial charge < -0.3 is 4.57 Å². The van der Waals surface area contributed by atoms with Crippen LogP contribution in [0.5, 0.6) is 0 Å². The summed E-state index contributed by atoms with van der Waals surface area (Å²) in [6, 6.07) is 0. The molecule has 4 aromatic rings. The van der Waals surface area contributed by atoms with Gasteiger partial charge in [-0.1, -0.05) is 0 Å². The summed E-state index contributed by atoms with van der Waals surface area (Å²) in [6.45, 7) is 0. The monoisotopic (exact) mass is 390 g/mol. The van der Waals surface area contributed by atoms with Gasteiger partial charge in [0, 0.05) is 35.2 Å². The Morgan fingerprint density at radius 1 is 0.714 bits per heavy atom. The van der Waals surface area contributed by atoms with E-state index in [0.29, 0.717) is 11.2 Å². The number of rotatable bonds is 0. The van der Waals surface area contributed by atoms with Gasteiger partial charge in [0.2, 0.25) is 0 Å². The third kappa shape index (κ3) is 2.64. The van der Waals surface area contributed by atoms with Gasteiger partial charge in [-0.3, -0.25) is 37.8 Å². The molecule has 0 aliphatic heterocycles. The highest BCUT2D eigenvalue weighted by Gasteiger charge is 2.12. The Bertz CT molecular complexity index is 1520. The zero-order chi connectivity index (χ0) is 20.9. The number of fused-ring (bicyclic) bond motifs is 2. The van der Waals surface area contributed by atoms with Crippen LogP contribution >= 0.6 is 0 Å². The van der Waals surface area contributed by atoms with Gasteiger partial charge in [-0.2, -0.15) is 0 Å². The molecule has 0 aliphatic carbocycles. The Morgan fingerprint density at radius 2 is 1.25 bits per heavy atom. The maximum absolute atomic E-state index is 11.7. The van der Waals surface area contributed by atoms with E-state index in [2.05, 4.69) is 15.0 Å². The maximum atomic E-state index is 11.7. The molecular formula is C15H18N8O5. The highest BCUT2D eigenvalue weighted by molar-refractivity contribution is 5.70. The summed E-state index contributed by atoms with van der Waals surface area (Å²) in [5.74, 6) is 0. The van der Waals surface area contributed by atoms with Crippen LogP contribution in [-0.4, -0.2) is 37.8 Å². The van der Waals surface area contributed by atoms with Gasteiger partial charge in [0.25, 0.3) is 11.1 Å². The predicted octanol–water partition coefficient (Wildman–Crippen LogP) is -2.78. The maximum Gasteiger partial charge on any atom is 0.332 e. The van der Waals surface area contributed by atoms with Crippen LogP contribution in [0.1, 0.15) is 0 Å². The third-order valence-corrected chi connectivity index (χ3v) is 4.47. The topological polar surface area (TPSA) is 154 Å².